The highest BCUT2D eigenvalue weighted by atomic mass is 16.2. The first-order valence-corrected chi connectivity index (χ1v) is 7.91. The van der Waals surface area contributed by atoms with E-state index >= 15 is 0 Å². The molecule has 0 aliphatic heterocycles. The number of carbonyl (C=O) groups is 1. The van der Waals surface area contributed by atoms with Crippen molar-refractivity contribution in [3.63, 3.8) is 0 Å². The van der Waals surface area contributed by atoms with Gasteiger partial charge in [0.15, 0.2) is 0 Å². The number of hydrogen-bond acceptors (Lipinski definition) is 1. The number of hydrogen-bond donors (Lipinski definition) is 0. The standard InChI is InChI=1S/C22H19NO/c1-23(20-15-9-4-10-16-20)22(24)17-21(18-11-5-2-6-12-18)19-13-7-3-8-14-19/h2-17H,1H3. The van der Waals surface area contributed by atoms with Crippen LogP contribution in [0.2, 0.25) is 0 Å². The topological polar surface area (TPSA) is 20.3 Å². The number of likely N-dealkylation sites (N-methyl/N-ethyl adjacent to an activating group) is 1. The van der Waals surface area contributed by atoms with Crippen molar-refractivity contribution in [2.75, 3.05) is 11.9 Å². The van der Waals surface area contributed by atoms with Crippen molar-refractivity contribution in [3.05, 3.63) is 108 Å². The van der Waals surface area contributed by atoms with Gasteiger partial charge in [-0.1, -0.05) is 78.9 Å². The highest BCUT2D eigenvalue weighted by molar-refractivity contribution is 6.07. The van der Waals surface area contributed by atoms with Gasteiger partial charge in [0.05, 0.1) is 0 Å². The van der Waals surface area contributed by atoms with Crippen LogP contribution in [0, 0.1) is 0 Å². The Hall–Kier alpha value is -3.13. The number of nitrogens with zero attached hydrogens (tertiary/aromatic N) is 1. The van der Waals surface area contributed by atoms with Crippen LogP contribution >= 0.6 is 0 Å². The molecule has 1 amide bonds. The Balaban J connectivity index is 1.99. The molecule has 2 nitrogen and oxygen atoms in total. The molecule has 3 aromatic carbocycles. The first-order valence-electron chi connectivity index (χ1n) is 7.91. The number of rotatable bonds is 4. The molecule has 0 aliphatic rings. The predicted molar refractivity (Wildman–Crippen MR) is 99.8 cm³/mol. The van der Waals surface area contributed by atoms with E-state index in [9.17, 15) is 4.79 Å². The monoisotopic (exact) mass is 313 g/mol. The maximum Gasteiger partial charge on any atom is 0.251 e. The molecule has 3 aromatic rings. The highest BCUT2D eigenvalue weighted by Crippen LogP contribution is 2.24. The number of carbonyl (C=O) groups excluding carboxylic acids is 1. The minimum absolute atomic E-state index is 0.0519. The van der Waals surface area contributed by atoms with Crippen molar-refractivity contribution in [1.82, 2.24) is 0 Å². The SMILES string of the molecule is CN(C(=O)C=C(c1ccccc1)c1ccccc1)c1ccccc1. The molecule has 24 heavy (non-hydrogen) atoms. The minimum Gasteiger partial charge on any atom is -0.312 e. The van der Waals surface area contributed by atoms with Gasteiger partial charge in [-0.2, -0.15) is 0 Å². The Labute approximate surface area is 142 Å². The van der Waals surface area contributed by atoms with Crippen LogP contribution < -0.4 is 4.90 Å². The average molecular weight is 313 g/mol. The van der Waals surface area contributed by atoms with Crippen LogP contribution in [0.4, 0.5) is 5.69 Å². The Bertz CT molecular complexity index is 782. The molecule has 0 aromatic heterocycles. The second-order valence-electron chi connectivity index (χ2n) is 5.52. The van der Waals surface area contributed by atoms with Gasteiger partial charge in [0.1, 0.15) is 0 Å². The molecule has 2 heteroatoms. The van der Waals surface area contributed by atoms with Gasteiger partial charge in [-0.05, 0) is 28.8 Å². The third-order valence-corrected chi connectivity index (χ3v) is 3.91. The molecule has 0 radical (unpaired) electrons. The molecular weight excluding hydrogens is 294 g/mol. The van der Waals surface area contributed by atoms with Crippen LogP contribution in [0.25, 0.3) is 5.57 Å². The number of para-hydroxylation sites is 1. The maximum absolute atomic E-state index is 12.8. The fourth-order valence-corrected chi connectivity index (χ4v) is 2.57. The molecular formula is C22H19NO. The fourth-order valence-electron chi connectivity index (χ4n) is 2.57. The lowest BCUT2D eigenvalue weighted by molar-refractivity contribution is -0.113. The van der Waals surface area contributed by atoms with E-state index in [2.05, 4.69) is 0 Å². The lowest BCUT2D eigenvalue weighted by Gasteiger charge is -2.16. The summed E-state index contributed by atoms with van der Waals surface area (Å²) in [6.07, 6.45) is 1.71. The molecule has 0 aliphatic carbocycles. The summed E-state index contributed by atoms with van der Waals surface area (Å²) in [5.41, 5.74) is 3.85. The van der Waals surface area contributed by atoms with Gasteiger partial charge >= 0.3 is 0 Å². The third kappa shape index (κ3) is 3.61. The van der Waals surface area contributed by atoms with Gasteiger partial charge in [-0.25, -0.2) is 0 Å². The molecule has 0 bridgehead atoms. The molecule has 0 atom stereocenters. The first-order chi connectivity index (χ1) is 11.8. The second-order valence-corrected chi connectivity index (χ2v) is 5.52. The zero-order valence-electron chi connectivity index (χ0n) is 13.6. The molecule has 118 valence electrons. The second kappa shape index (κ2) is 7.42. The van der Waals surface area contributed by atoms with E-state index in [-0.39, 0.29) is 5.91 Å². The van der Waals surface area contributed by atoms with Crippen molar-refractivity contribution >= 4 is 17.2 Å². The van der Waals surface area contributed by atoms with E-state index in [1.165, 1.54) is 0 Å². The van der Waals surface area contributed by atoms with Crippen LogP contribution in [-0.4, -0.2) is 13.0 Å². The number of amides is 1. The Kier molecular flexibility index (Phi) is 4.87. The summed E-state index contributed by atoms with van der Waals surface area (Å²) in [6.45, 7) is 0. The van der Waals surface area contributed by atoms with E-state index < -0.39 is 0 Å². The number of benzene rings is 3. The summed E-state index contributed by atoms with van der Waals surface area (Å²) in [4.78, 5) is 14.4. The van der Waals surface area contributed by atoms with E-state index in [1.807, 2.05) is 91.0 Å². The largest absolute Gasteiger partial charge is 0.312 e. The third-order valence-electron chi connectivity index (χ3n) is 3.91. The highest BCUT2D eigenvalue weighted by Gasteiger charge is 2.12. The Morgan fingerprint density at radius 2 is 1.12 bits per heavy atom. The quantitative estimate of drug-likeness (QED) is 0.635. The summed E-state index contributed by atoms with van der Waals surface area (Å²) in [7, 11) is 1.79. The first kappa shape index (κ1) is 15.8. The van der Waals surface area contributed by atoms with Crippen molar-refractivity contribution in [2.45, 2.75) is 0 Å². The van der Waals surface area contributed by atoms with Crippen LogP contribution in [0.15, 0.2) is 97.1 Å². The molecule has 0 heterocycles. The summed E-state index contributed by atoms with van der Waals surface area (Å²) in [6, 6.07) is 29.6. The lowest BCUT2D eigenvalue weighted by atomic mass is 9.97. The predicted octanol–water partition coefficient (Wildman–Crippen LogP) is 4.78. The molecule has 3 rings (SSSR count). The van der Waals surface area contributed by atoms with E-state index in [1.54, 1.807) is 18.0 Å². The van der Waals surface area contributed by atoms with Crippen molar-refractivity contribution < 1.29 is 4.79 Å². The zero-order valence-corrected chi connectivity index (χ0v) is 13.6. The summed E-state index contributed by atoms with van der Waals surface area (Å²) in [5.74, 6) is -0.0519. The van der Waals surface area contributed by atoms with Crippen molar-refractivity contribution in [1.29, 1.82) is 0 Å². The molecule has 0 unspecified atom stereocenters. The lowest BCUT2D eigenvalue weighted by Crippen LogP contribution is -2.24. The summed E-state index contributed by atoms with van der Waals surface area (Å²) in [5, 5.41) is 0. The maximum atomic E-state index is 12.8. The van der Waals surface area contributed by atoms with Crippen LogP contribution in [0.5, 0.6) is 0 Å². The molecule has 0 spiro atoms. The Morgan fingerprint density at radius 3 is 1.58 bits per heavy atom. The molecule has 0 saturated carbocycles. The van der Waals surface area contributed by atoms with Crippen molar-refractivity contribution in [2.24, 2.45) is 0 Å². The molecule has 0 N–H and O–H groups in total. The minimum atomic E-state index is -0.0519. The van der Waals surface area contributed by atoms with Gasteiger partial charge in [-0.15, -0.1) is 0 Å². The zero-order chi connectivity index (χ0) is 16.8. The Morgan fingerprint density at radius 1 is 0.708 bits per heavy atom. The van der Waals surface area contributed by atoms with E-state index in [4.69, 9.17) is 0 Å². The van der Waals surface area contributed by atoms with Gasteiger partial charge in [-0.3, -0.25) is 4.79 Å². The van der Waals surface area contributed by atoms with E-state index in [0.717, 1.165) is 22.4 Å². The molecule has 0 fully saturated rings. The molecule has 0 saturated heterocycles. The normalized spacial score (nSPS) is 10.0. The van der Waals surface area contributed by atoms with Gasteiger partial charge < -0.3 is 4.90 Å². The average Bonchev–Trinajstić information content (AvgIpc) is 2.67. The fraction of sp³-hybridized carbons (Fsp3) is 0.0455. The van der Waals surface area contributed by atoms with E-state index in [0.29, 0.717) is 0 Å². The van der Waals surface area contributed by atoms with Gasteiger partial charge in [0.2, 0.25) is 0 Å². The van der Waals surface area contributed by atoms with Gasteiger partial charge in [0, 0.05) is 18.8 Å². The van der Waals surface area contributed by atoms with Crippen molar-refractivity contribution in [3.8, 4) is 0 Å². The van der Waals surface area contributed by atoms with Gasteiger partial charge in [0.25, 0.3) is 5.91 Å². The van der Waals surface area contributed by atoms with Crippen LogP contribution in [0.3, 0.4) is 0 Å². The smallest absolute Gasteiger partial charge is 0.251 e. The summed E-state index contributed by atoms with van der Waals surface area (Å²) < 4.78 is 0. The van der Waals surface area contributed by atoms with Crippen LogP contribution in [-0.2, 0) is 4.79 Å². The summed E-state index contributed by atoms with van der Waals surface area (Å²) >= 11 is 0. The van der Waals surface area contributed by atoms with Crippen LogP contribution in [0.1, 0.15) is 11.1 Å². The number of anilines is 1.